The lowest BCUT2D eigenvalue weighted by molar-refractivity contribution is -0.113. The van der Waals surface area contributed by atoms with Crippen molar-refractivity contribution in [2.24, 2.45) is 4.99 Å². The van der Waals surface area contributed by atoms with Crippen LogP contribution in [0.25, 0.3) is 0 Å². The smallest absolute Gasteiger partial charge is 0.285 e. The number of aryl methyl sites for hydroxylation is 1. The molecule has 0 atom stereocenters. The summed E-state index contributed by atoms with van der Waals surface area (Å²) in [4.78, 5) is 17.4. The van der Waals surface area contributed by atoms with Crippen LogP contribution in [0, 0.1) is 12.7 Å². The van der Waals surface area contributed by atoms with E-state index in [1.165, 1.54) is 23.9 Å². The molecule has 0 radical (unpaired) electrons. The van der Waals surface area contributed by atoms with Gasteiger partial charge in [0.1, 0.15) is 5.82 Å². The number of aliphatic imine (C=N–C) groups is 1. The molecule has 0 N–H and O–H groups in total. The van der Waals surface area contributed by atoms with Crippen molar-refractivity contribution < 1.29 is 13.4 Å². The predicted octanol–water partition coefficient (Wildman–Crippen LogP) is 5.02. The monoisotopic (exact) mass is 347 g/mol. The third-order valence-electron chi connectivity index (χ3n) is 2.67. The second-order valence-corrected chi connectivity index (χ2v) is 6.51. The molecule has 0 aliphatic rings. The fourth-order valence-electron chi connectivity index (χ4n) is 1.50. The molecule has 0 spiro atoms. The summed E-state index contributed by atoms with van der Waals surface area (Å²) in [5.74, 6) is -0.780. The van der Waals surface area contributed by atoms with Gasteiger partial charge in [-0.05, 0) is 43.3 Å². The number of carbonyl (C=O) groups excluding carboxylic acids is 1. The zero-order valence-electron chi connectivity index (χ0n) is 12.4. The van der Waals surface area contributed by atoms with Crippen molar-refractivity contribution >= 4 is 36.1 Å². The van der Waals surface area contributed by atoms with Gasteiger partial charge >= 0.3 is 0 Å². The van der Waals surface area contributed by atoms with Gasteiger partial charge in [-0.2, -0.15) is 4.99 Å². The van der Waals surface area contributed by atoms with E-state index in [1.807, 2.05) is 31.2 Å². The third-order valence-corrected chi connectivity index (χ3v) is 4.25. The minimum atomic E-state index is -0.463. The maximum Gasteiger partial charge on any atom is 0.285 e. The average molecular weight is 347 g/mol. The highest BCUT2D eigenvalue weighted by atomic mass is 32.2. The van der Waals surface area contributed by atoms with Crippen LogP contribution in [0.3, 0.4) is 0 Å². The van der Waals surface area contributed by atoms with Gasteiger partial charge in [0.25, 0.3) is 5.91 Å². The molecule has 2 aromatic rings. The number of carbonyl (C=O) groups is 1. The van der Waals surface area contributed by atoms with Crippen LogP contribution in [0.1, 0.15) is 5.56 Å². The van der Waals surface area contributed by atoms with Gasteiger partial charge in [0, 0.05) is 9.79 Å². The largest absolute Gasteiger partial charge is 0.408 e. The Hall–Kier alpha value is -2.05. The summed E-state index contributed by atoms with van der Waals surface area (Å²) in [6, 6.07) is 13.6. The fourth-order valence-corrected chi connectivity index (χ4v) is 2.64. The second-order valence-electron chi connectivity index (χ2n) is 4.51. The molecule has 6 heteroatoms. The highest BCUT2D eigenvalue weighted by molar-refractivity contribution is 8.04. The molecule has 3 nitrogen and oxygen atoms in total. The van der Waals surface area contributed by atoms with Crippen molar-refractivity contribution in [1.82, 2.24) is 0 Å². The minimum Gasteiger partial charge on any atom is -0.408 e. The van der Waals surface area contributed by atoms with Gasteiger partial charge in [-0.3, -0.25) is 4.79 Å². The second kappa shape index (κ2) is 8.55. The van der Waals surface area contributed by atoms with Crippen LogP contribution in [-0.2, 0) is 8.98 Å². The van der Waals surface area contributed by atoms with Crippen LogP contribution in [0.15, 0.2) is 74.8 Å². The van der Waals surface area contributed by atoms with Crippen molar-refractivity contribution in [3.63, 3.8) is 0 Å². The Kier molecular flexibility index (Phi) is 6.43. The van der Waals surface area contributed by atoms with E-state index in [9.17, 15) is 9.18 Å². The van der Waals surface area contributed by atoms with E-state index in [0.29, 0.717) is 9.80 Å². The normalized spacial score (nSPS) is 10.7. The van der Waals surface area contributed by atoms with Crippen LogP contribution in [0.4, 0.5) is 4.39 Å². The number of thioether (sulfide) groups is 1. The Morgan fingerprint density at radius 3 is 2.39 bits per heavy atom. The molecule has 0 aromatic heterocycles. The van der Waals surface area contributed by atoms with Crippen LogP contribution < -0.4 is 0 Å². The van der Waals surface area contributed by atoms with Crippen LogP contribution in [0.5, 0.6) is 0 Å². The van der Waals surface area contributed by atoms with Crippen LogP contribution in [-0.4, -0.2) is 12.3 Å². The van der Waals surface area contributed by atoms with Gasteiger partial charge in [0.15, 0.2) is 6.40 Å². The van der Waals surface area contributed by atoms with Crippen molar-refractivity contribution in [2.45, 2.75) is 16.7 Å². The molecule has 0 saturated carbocycles. The first-order chi connectivity index (χ1) is 11.0. The van der Waals surface area contributed by atoms with Gasteiger partial charge < -0.3 is 4.18 Å². The standard InChI is InChI=1S/C17H14FNO2S2/c1-12-3-7-15(8-4-12)22-13(2)17(20)19-11-21-23-16-9-5-14(18)6-10-16/h3-11H,2H2,1H3. The first-order valence-electron chi connectivity index (χ1n) is 6.64. The molecule has 0 saturated heterocycles. The van der Waals surface area contributed by atoms with E-state index in [2.05, 4.69) is 11.6 Å². The first kappa shape index (κ1) is 17.3. The molecule has 0 heterocycles. The van der Waals surface area contributed by atoms with E-state index in [1.54, 1.807) is 12.1 Å². The molecule has 0 unspecified atom stereocenters. The number of hydrogen-bond donors (Lipinski definition) is 0. The van der Waals surface area contributed by atoms with Crippen molar-refractivity contribution in [2.75, 3.05) is 0 Å². The topological polar surface area (TPSA) is 38.7 Å². The molecule has 2 aromatic carbocycles. The third kappa shape index (κ3) is 5.92. The van der Waals surface area contributed by atoms with E-state index >= 15 is 0 Å². The summed E-state index contributed by atoms with van der Waals surface area (Å²) in [6.45, 7) is 5.71. The molecule has 0 aliphatic carbocycles. The number of rotatable bonds is 6. The molecular formula is C17H14FNO2S2. The number of nitrogens with zero attached hydrogens (tertiary/aromatic N) is 1. The summed E-state index contributed by atoms with van der Waals surface area (Å²) >= 11 is 2.24. The summed E-state index contributed by atoms with van der Waals surface area (Å²) in [7, 11) is 0. The SMILES string of the molecule is C=C(Sc1ccc(C)cc1)C(=O)N=COSc1ccc(F)cc1. The van der Waals surface area contributed by atoms with Gasteiger partial charge in [0.05, 0.1) is 16.9 Å². The lowest BCUT2D eigenvalue weighted by atomic mass is 10.2. The van der Waals surface area contributed by atoms with Gasteiger partial charge in [-0.1, -0.05) is 36.0 Å². The van der Waals surface area contributed by atoms with Crippen molar-refractivity contribution in [3.05, 3.63) is 71.4 Å². The maximum atomic E-state index is 12.7. The molecule has 0 fully saturated rings. The number of amides is 1. The Labute approximate surface area is 142 Å². The van der Waals surface area contributed by atoms with E-state index in [4.69, 9.17) is 4.18 Å². The van der Waals surface area contributed by atoms with Crippen LogP contribution in [0.2, 0.25) is 0 Å². The Morgan fingerprint density at radius 1 is 1.13 bits per heavy atom. The molecule has 23 heavy (non-hydrogen) atoms. The number of halogens is 1. The Balaban J connectivity index is 1.79. The molecule has 2 rings (SSSR count). The zero-order valence-corrected chi connectivity index (χ0v) is 14.0. The van der Waals surface area contributed by atoms with Crippen LogP contribution >= 0.6 is 23.8 Å². The number of benzene rings is 2. The quantitative estimate of drug-likeness (QED) is 0.242. The highest BCUT2D eigenvalue weighted by Crippen LogP contribution is 2.26. The van der Waals surface area contributed by atoms with Crippen molar-refractivity contribution in [1.29, 1.82) is 0 Å². The Morgan fingerprint density at radius 2 is 1.74 bits per heavy atom. The lowest BCUT2D eigenvalue weighted by Crippen LogP contribution is -1.95. The zero-order chi connectivity index (χ0) is 16.7. The molecule has 118 valence electrons. The Bertz CT molecular complexity index is 712. The molecular weight excluding hydrogens is 333 g/mol. The summed E-state index contributed by atoms with van der Waals surface area (Å²) in [6.07, 6.45) is 1.05. The van der Waals surface area contributed by atoms with E-state index in [0.717, 1.165) is 28.9 Å². The van der Waals surface area contributed by atoms with Gasteiger partial charge in [0.2, 0.25) is 0 Å². The van der Waals surface area contributed by atoms with E-state index in [-0.39, 0.29) is 5.82 Å². The maximum absolute atomic E-state index is 12.7. The van der Waals surface area contributed by atoms with E-state index < -0.39 is 5.91 Å². The minimum absolute atomic E-state index is 0.306. The van der Waals surface area contributed by atoms with Crippen molar-refractivity contribution in [3.8, 4) is 0 Å². The average Bonchev–Trinajstić information content (AvgIpc) is 2.55. The summed E-state index contributed by atoms with van der Waals surface area (Å²) < 4.78 is 17.8. The molecule has 1 amide bonds. The molecule has 0 aliphatic heterocycles. The fraction of sp³-hybridized carbons (Fsp3) is 0.0588. The van der Waals surface area contributed by atoms with Gasteiger partial charge in [-0.25, -0.2) is 4.39 Å². The number of hydrogen-bond acceptors (Lipinski definition) is 4. The predicted molar refractivity (Wildman–Crippen MR) is 93.0 cm³/mol. The highest BCUT2D eigenvalue weighted by Gasteiger charge is 2.07. The summed E-state index contributed by atoms with van der Waals surface area (Å²) in [5, 5.41) is 0. The molecule has 0 bridgehead atoms. The lowest BCUT2D eigenvalue weighted by Gasteiger charge is -2.02. The summed E-state index contributed by atoms with van der Waals surface area (Å²) in [5.41, 5.74) is 1.15. The van der Waals surface area contributed by atoms with Gasteiger partial charge in [-0.15, -0.1) is 0 Å². The first-order valence-corrected chi connectivity index (χ1v) is 8.19.